The molecule has 0 aromatic heterocycles. The number of benzene rings is 1. The van der Waals surface area contributed by atoms with Crippen molar-refractivity contribution in [3.05, 3.63) is 29.3 Å². The summed E-state index contributed by atoms with van der Waals surface area (Å²) in [6, 6.07) is 5.86. The van der Waals surface area contributed by atoms with Crippen molar-refractivity contribution in [2.45, 2.75) is 13.0 Å². The van der Waals surface area contributed by atoms with Crippen molar-refractivity contribution >= 4 is 11.8 Å². The van der Waals surface area contributed by atoms with Crippen molar-refractivity contribution in [3.63, 3.8) is 0 Å². The van der Waals surface area contributed by atoms with Crippen LogP contribution >= 0.6 is 0 Å². The van der Waals surface area contributed by atoms with Crippen LogP contribution in [-0.4, -0.2) is 24.6 Å². The molecular weight excluding hydrogens is 192 g/mol. The highest BCUT2D eigenvalue weighted by Crippen LogP contribution is 2.24. The number of hydrogen-bond acceptors (Lipinski definition) is 3. The van der Waals surface area contributed by atoms with E-state index in [0.717, 1.165) is 17.7 Å². The van der Waals surface area contributed by atoms with Crippen LogP contribution in [0.3, 0.4) is 0 Å². The highest BCUT2D eigenvalue weighted by Gasteiger charge is 2.22. The molecule has 0 spiro atoms. The Morgan fingerprint density at radius 1 is 1.53 bits per heavy atom. The molecule has 80 valence electrons. The topological polar surface area (TPSA) is 55.6 Å². The van der Waals surface area contributed by atoms with E-state index >= 15 is 0 Å². The minimum Gasteiger partial charge on any atom is -0.453 e. The average molecular weight is 206 g/mol. The van der Waals surface area contributed by atoms with Crippen LogP contribution in [0.2, 0.25) is 0 Å². The van der Waals surface area contributed by atoms with Gasteiger partial charge in [0.05, 0.1) is 13.7 Å². The van der Waals surface area contributed by atoms with Gasteiger partial charge < -0.3 is 15.4 Å². The van der Waals surface area contributed by atoms with Crippen molar-refractivity contribution in [1.29, 1.82) is 0 Å². The van der Waals surface area contributed by atoms with Crippen LogP contribution in [0.4, 0.5) is 10.5 Å². The second-order valence-electron chi connectivity index (χ2n) is 3.63. The van der Waals surface area contributed by atoms with E-state index < -0.39 is 0 Å². The van der Waals surface area contributed by atoms with E-state index in [1.54, 1.807) is 4.90 Å². The van der Waals surface area contributed by atoms with Crippen LogP contribution in [-0.2, 0) is 17.7 Å². The maximum Gasteiger partial charge on any atom is 0.409 e. The number of carbonyl (C=O) groups excluding carboxylic acids is 1. The summed E-state index contributed by atoms with van der Waals surface area (Å²) in [4.78, 5) is 13.0. The molecule has 1 aliphatic heterocycles. The van der Waals surface area contributed by atoms with Crippen molar-refractivity contribution in [2.75, 3.05) is 19.4 Å². The summed E-state index contributed by atoms with van der Waals surface area (Å²) in [5, 5.41) is 0. The Morgan fingerprint density at radius 3 is 3.07 bits per heavy atom. The number of fused-ring (bicyclic) bond motifs is 1. The largest absolute Gasteiger partial charge is 0.453 e. The molecule has 15 heavy (non-hydrogen) atoms. The van der Waals surface area contributed by atoms with Crippen molar-refractivity contribution < 1.29 is 9.53 Å². The zero-order valence-corrected chi connectivity index (χ0v) is 8.69. The Bertz CT molecular complexity index is 390. The van der Waals surface area contributed by atoms with Gasteiger partial charge in [-0.25, -0.2) is 4.79 Å². The number of ether oxygens (including phenoxy) is 1. The SMILES string of the molecule is COC(=O)N1CCc2cccc(N)c2C1. The number of rotatable bonds is 0. The lowest BCUT2D eigenvalue weighted by atomic mass is 9.98. The molecule has 0 radical (unpaired) electrons. The molecule has 0 saturated carbocycles. The second kappa shape index (κ2) is 3.81. The third kappa shape index (κ3) is 1.75. The van der Waals surface area contributed by atoms with Crippen molar-refractivity contribution in [3.8, 4) is 0 Å². The first-order valence-electron chi connectivity index (χ1n) is 4.91. The summed E-state index contributed by atoms with van der Waals surface area (Å²) in [6.07, 6.45) is 0.555. The van der Waals surface area contributed by atoms with E-state index in [4.69, 9.17) is 10.5 Å². The number of carbonyl (C=O) groups is 1. The molecule has 1 aromatic rings. The van der Waals surface area contributed by atoms with Crippen LogP contribution < -0.4 is 5.73 Å². The predicted octanol–water partition coefficient (Wildman–Crippen LogP) is 1.39. The van der Waals surface area contributed by atoms with Gasteiger partial charge in [-0.3, -0.25) is 0 Å². The summed E-state index contributed by atoms with van der Waals surface area (Å²) in [6.45, 7) is 1.25. The number of hydrogen-bond donors (Lipinski definition) is 1. The Kier molecular flexibility index (Phi) is 2.49. The highest BCUT2D eigenvalue weighted by atomic mass is 16.5. The maximum absolute atomic E-state index is 11.4. The molecule has 1 aromatic carbocycles. The fourth-order valence-electron chi connectivity index (χ4n) is 1.89. The lowest BCUT2D eigenvalue weighted by Crippen LogP contribution is -2.36. The van der Waals surface area contributed by atoms with Gasteiger partial charge in [-0.15, -0.1) is 0 Å². The van der Waals surface area contributed by atoms with Gasteiger partial charge in [0.1, 0.15) is 0 Å². The van der Waals surface area contributed by atoms with Crippen LogP contribution in [0.5, 0.6) is 0 Å². The summed E-state index contributed by atoms with van der Waals surface area (Å²) in [5.41, 5.74) is 8.90. The molecule has 1 amide bonds. The number of nitrogens with two attached hydrogens (primary N) is 1. The standard InChI is InChI=1S/C11H14N2O2/c1-15-11(14)13-6-5-8-3-2-4-10(12)9(8)7-13/h2-4H,5-7,12H2,1H3. The third-order valence-electron chi connectivity index (χ3n) is 2.74. The quantitative estimate of drug-likeness (QED) is 0.653. The van der Waals surface area contributed by atoms with E-state index in [1.165, 1.54) is 12.7 Å². The van der Waals surface area contributed by atoms with Crippen LogP contribution in [0.15, 0.2) is 18.2 Å². The zero-order chi connectivity index (χ0) is 10.8. The molecule has 0 aliphatic carbocycles. The Labute approximate surface area is 88.6 Å². The molecule has 1 heterocycles. The number of anilines is 1. The molecule has 0 bridgehead atoms. The van der Waals surface area contributed by atoms with Gasteiger partial charge in [0.15, 0.2) is 0 Å². The first kappa shape index (κ1) is 9.83. The maximum atomic E-state index is 11.4. The molecule has 4 heteroatoms. The summed E-state index contributed by atoms with van der Waals surface area (Å²) < 4.78 is 4.69. The average Bonchev–Trinajstić information content (AvgIpc) is 2.28. The molecule has 2 rings (SSSR count). The summed E-state index contributed by atoms with van der Waals surface area (Å²) in [5.74, 6) is 0. The van der Waals surface area contributed by atoms with Crippen LogP contribution in [0.1, 0.15) is 11.1 Å². The minimum atomic E-state index is -0.288. The predicted molar refractivity (Wildman–Crippen MR) is 57.4 cm³/mol. The Balaban J connectivity index is 2.26. The lowest BCUT2D eigenvalue weighted by molar-refractivity contribution is 0.119. The summed E-state index contributed by atoms with van der Waals surface area (Å²) in [7, 11) is 1.40. The van der Waals surface area contributed by atoms with E-state index in [1.807, 2.05) is 12.1 Å². The Morgan fingerprint density at radius 2 is 2.33 bits per heavy atom. The fraction of sp³-hybridized carbons (Fsp3) is 0.364. The zero-order valence-electron chi connectivity index (χ0n) is 8.69. The van der Waals surface area contributed by atoms with Gasteiger partial charge in [-0.2, -0.15) is 0 Å². The van der Waals surface area contributed by atoms with Gasteiger partial charge in [0.2, 0.25) is 0 Å². The summed E-state index contributed by atoms with van der Waals surface area (Å²) >= 11 is 0. The van der Waals surface area contributed by atoms with Crippen molar-refractivity contribution in [1.82, 2.24) is 4.90 Å². The van der Waals surface area contributed by atoms with Gasteiger partial charge >= 0.3 is 6.09 Å². The molecule has 0 saturated heterocycles. The van der Waals surface area contributed by atoms with Gasteiger partial charge in [0, 0.05) is 12.2 Å². The van der Waals surface area contributed by atoms with Gasteiger partial charge in [-0.05, 0) is 23.6 Å². The monoisotopic (exact) mass is 206 g/mol. The van der Waals surface area contributed by atoms with Gasteiger partial charge in [0.25, 0.3) is 0 Å². The second-order valence-corrected chi connectivity index (χ2v) is 3.63. The molecule has 2 N–H and O–H groups in total. The lowest BCUT2D eigenvalue weighted by Gasteiger charge is -2.28. The smallest absolute Gasteiger partial charge is 0.409 e. The number of methoxy groups -OCH3 is 1. The third-order valence-corrected chi connectivity index (χ3v) is 2.74. The normalized spacial score (nSPS) is 14.6. The van der Waals surface area contributed by atoms with E-state index in [0.29, 0.717) is 13.1 Å². The molecule has 0 atom stereocenters. The van der Waals surface area contributed by atoms with Crippen molar-refractivity contribution in [2.24, 2.45) is 0 Å². The van der Waals surface area contributed by atoms with E-state index in [9.17, 15) is 4.79 Å². The first-order valence-corrected chi connectivity index (χ1v) is 4.91. The van der Waals surface area contributed by atoms with Gasteiger partial charge in [-0.1, -0.05) is 12.1 Å². The molecular formula is C11H14N2O2. The number of nitrogen functional groups attached to an aromatic ring is 1. The first-order chi connectivity index (χ1) is 7.22. The molecule has 1 aliphatic rings. The Hall–Kier alpha value is -1.71. The molecule has 0 unspecified atom stereocenters. The number of amides is 1. The molecule has 0 fully saturated rings. The van der Waals surface area contributed by atoms with Crippen LogP contribution in [0, 0.1) is 0 Å². The van der Waals surface area contributed by atoms with Crippen LogP contribution in [0.25, 0.3) is 0 Å². The number of nitrogens with zero attached hydrogens (tertiary/aromatic N) is 1. The fourth-order valence-corrected chi connectivity index (χ4v) is 1.89. The molecule has 4 nitrogen and oxygen atoms in total. The highest BCUT2D eigenvalue weighted by molar-refractivity contribution is 5.68. The van der Waals surface area contributed by atoms with E-state index in [-0.39, 0.29) is 6.09 Å². The minimum absolute atomic E-state index is 0.288. The van der Waals surface area contributed by atoms with E-state index in [2.05, 4.69) is 6.07 Å².